The van der Waals surface area contributed by atoms with Crippen LogP contribution < -0.4 is 16.0 Å². The summed E-state index contributed by atoms with van der Waals surface area (Å²) >= 11 is 0. The summed E-state index contributed by atoms with van der Waals surface area (Å²) in [5.74, 6) is 1.11. The number of hydrogen-bond acceptors (Lipinski definition) is 8. The molecule has 0 aliphatic carbocycles. The summed E-state index contributed by atoms with van der Waals surface area (Å²) in [5, 5.41) is 25.8. The minimum absolute atomic E-state index is 0.313. The fourth-order valence-corrected chi connectivity index (χ4v) is 3.76. The van der Waals surface area contributed by atoms with E-state index in [0.717, 1.165) is 49.0 Å². The van der Waals surface area contributed by atoms with Gasteiger partial charge in [0.25, 0.3) is 0 Å². The zero-order valence-electron chi connectivity index (χ0n) is 16.6. The van der Waals surface area contributed by atoms with E-state index in [1.165, 1.54) is 10.8 Å². The fourth-order valence-electron chi connectivity index (χ4n) is 3.76. The lowest BCUT2D eigenvalue weighted by molar-refractivity contribution is 0.122. The molecule has 2 atom stereocenters. The Hall–Kier alpha value is -2.53. The van der Waals surface area contributed by atoms with Crippen LogP contribution in [0.25, 0.3) is 16.9 Å². The van der Waals surface area contributed by atoms with E-state index in [1.807, 2.05) is 12.7 Å². The van der Waals surface area contributed by atoms with E-state index in [-0.39, 0.29) is 0 Å². The number of rotatable bonds is 4. The van der Waals surface area contributed by atoms with Crippen LogP contribution in [0.5, 0.6) is 0 Å². The van der Waals surface area contributed by atoms with Gasteiger partial charge in [0, 0.05) is 31.2 Å². The molecule has 0 saturated carbocycles. The van der Waals surface area contributed by atoms with Gasteiger partial charge in [-0.3, -0.25) is 0 Å². The fraction of sp³-hybridized carbons (Fsp3) is 0.474. The van der Waals surface area contributed by atoms with Gasteiger partial charge in [0.2, 0.25) is 0 Å². The molecule has 2 aromatic heterocycles. The van der Waals surface area contributed by atoms with E-state index in [9.17, 15) is 5.26 Å². The number of morpholine rings is 1. The van der Waals surface area contributed by atoms with Crippen LogP contribution in [0.3, 0.4) is 0 Å². The first-order valence-electron chi connectivity index (χ1n) is 9.57. The van der Waals surface area contributed by atoms with Crippen molar-refractivity contribution in [1.29, 1.82) is 10.7 Å². The van der Waals surface area contributed by atoms with Gasteiger partial charge in [0.05, 0.1) is 30.9 Å². The van der Waals surface area contributed by atoms with Crippen LogP contribution in [0, 0.1) is 16.7 Å². The Morgan fingerprint density at radius 1 is 1.45 bits per heavy atom. The molecule has 4 heterocycles. The molecular weight excluding hydrogens is 387 g/mol. The van der Waals surface area contributed by atoms with Crippen LogP contribution in [0.2, 0.25) is 0 Å². The molecule has 2 fully saturated rings. The highest BCUT2D eigenvalue weighted by molar-refractivity contribution is 7.15. The van der Waals surface area contributed by atoms with Crippen LogP contribution in [0.1, 0.15) is 12.0 Å². The first kappa shape index (κ1) is 21.2. The summed E-state index contributed by atoms with van der Waals surface area (Å²) in [7, 11) is 2.42. The number of nitrogens with zero attached hydrogens (tertiary/aromatic N) is 5. The Labute approximate surface area is 172 Å². The quantitative estimate of drug-likeness (QED) is 0.501. The second-order valence-electron chi connectivity index (χ2n) is 6.80. The van der Waals surface area contributed by atoms with Crippen molar-refractivity contribution in [2.24, 2.45) is 5.73 Å². The van der Waals surface area contributed by atoms with E-state index in [4.69, 9.17) is 20.9 Å². The van der Waals surface area contributed by atoms with Gasteiger partial charge in [-0.1, -0.05) is 6.66 Å². The predicted molar refractivity (Wildman–Crippen MR) is 118 cm³/mol. The van der Waals surface area contributed by atoms with Crippen LogP contribution in [0.15, 0.2) is 18.3 Å². The molecule has 4 N–H and O–H groups in total. The summed E-state index contributed by atoms with van der Waals surface area (Å²) in [4.78, 5) is 6.97. The standard InChI is InChI=1S/C18H22N8O.CH5P/c19-3-1-15(21)26-17-13(10-23-26)14(18(11-20)2-4-22-12-18)9-16(24-17)25-5-7-27-8-6-25;1-2/h1,3,9-10,19,22H,2,4-8,12,21H2;2H2,1H3/b15-1+,19-3?;. The summed E-state index contributed by atoms with van der Waals surface area (Å²) < 4.78 is 6.98. The lowest BCUT2D eigenvalue weighted by Crippen LogP contribution is -2.37. The Morgan fingerprint density at radius 2 is 2.21 bits per heavy atom. The zero-order valence-corrected chi connectivity index (χ0v) is 17.7. The molecule has 4 rings (SSSR count). The topological polar surface area (TPSA) is 129 Å². The summed E-state index contributed by atoms with van der Waals surface area (Å²) in [6.07, 6.45) is 5.03. The van der Waals surface area contributed by atoms with Crippen molar-refractivity contribution in [3.05, 3.63) is 23.9 Å². The highest BCUT2D eigenvalue weighted by Gasteiger charge is 2.38. The largest absolute Gasteiger partial charge is 0.384 e. The van der Waals surface area contributed by atoms with E-state index in [0.29, 0.717) is 31.2 Å². The van der Waals surface area contributed by atoms with Gasteiger partial charge in [0.1, 0.15) is 11.6 Å². The van der Waals surface area contributed by atoms with Crippen molar-refractivity contribution in [3.63, 3.8) is 0 Å². The Bertz CT molecular complexity index is 936. The average molecular weight is 414 g/mol. The highest BCUT2D eigenvalue weighted by atomic mass is 31.0. The van der Waals surface area contributed by atoms with Gasteiger partial charge in [-0.25, -0.2) is 4.98 Å². The molecule has 2 aromatic rings. The number of nitriles is 1. The third-order valence-corrected chi connectivity index (χ3v) is 5.25. The molecule has 2 aliphatic heterocycles. The lowest BCUT2D eigenvalue weighted by atomic mass is 9.80. The lowest BCUT2D eigenvalue weighted by Gasteiger charge is -2.29. The molecular formula is C19H27N8OP. The molecule has 2 saturated heterocycles. The van der Waals surface area contributed by atoms with Gasteiger partial charge in [-0.2, -0.15) is 15.0 Å². The highest BCUT2D eigenvalue weighted by Crippen LogP contribution is 2.37. The molecule has 0 bridgehead atoms. The number of hydrogen-bond donors (Lipinski definition) is 3. The molecule has 9 nitrogen and oxygen atoms in total. The molecule has 29 heavy (non-hydrogen) atoms. The molecule has 0 amide bonds. The second-order valence-corrected chi connectivity index (χ2v) is 6.80. The number of allylic oxidation sites excluding steroid dienone is 1. The van der Waals surface area contributed by atoms with E-state index in [2.05, 4.69) is 30.6 Å². The summed E-state index contributed by atoms with van der Waals surface area (Å²) in [6, 6.07) is 4.55. The minimum Gasteiger partial charge on any atom is -0.384 e. The van der Waals surface area contributed by atoms with Gasteiger partial charge in [-0.15, -0.1) is 9.24 Å². The predicted octanol–water partition coefficient (Wildman–Crippen LogP) is 0.921. The Morgan fingerprint density at radius 3 is 2.83 bits per heavy atom. The number of pyridine rings is 1. The van der Waals surface area contributed by atoms with Crippen molar-refractivity contribution in [2.45, 2.75) is 11.8 Å². The molecule has 2 aliphatic rings. The second kappa shape index (κ2) is 9.31. The minimum atomic E-state index is -0.615. The molecule has 154 valence electrons. The first-order valence-corrected chi connectivity index (χ1v) is 10.7. The molecule has 10 heteroatoms. The number of anilines is 1. The SMILES string of the molecule is CP.N#CC1(c2cc(N3CCOCC3)nc3c2cnn3/C(N)=C/C=N)CCNC1. The normalized spacial score (nSPS) is 22.1. The number of fused-ring (bicyclic) bond motifs is 1. The van der Waals surface area contributed by atoms with Crippen LogP contribution in [-0.4, -0.2) is 67.0 Å². The summed E-state index contributed by atoms with van der Waals surface area (Å²) in [5.41, 5.74) is 6.99. The Balaban J connectivity index is 0.00000117. The number of aromatic nitrogens is 3. The summed E-state index contributed by atoms with van der Waals surface area (Å²) in [6.45, 7) is 6.10. The maximum absolute atomic E-state index is 9.99. The Kier molecular flexibility index (Phi) is 6.80. The first-order chi connectivity index (χ1) is 14.2. The maximum atomic E-state index is 9.99. The van der Waals surface area contributed by atoms with E-state index < -0.39 is 5.41 Å². The number of nitrogens with two attached hydrogens (primary N) is 1. The van der Waals surface area contributed by atoms with Crippen LogP contribution in [-0.2, 0) is 10.2 Å². The molecule has 0 aromatic carbocycles. The van der Waals surface area contributed by atoms with Gasteiger partial charge in [-0.05, 0) is 30.7 Å². The third-order valence-electron chi connectivity index (χ3n) is 5.25. The van der Waals surface area contributed by atoms with Crippen molar-refractivity contribution in [1.82, 2.24) is 20.1 Å². The van der Waals surface area contributed by atoms with Crippen LogP contribution >= 0.6 is 9.24 Å². The third kappa shape index (κ3) is 3.97. The maximum Gasteiger partial charge on any atom is 0.167 e. The van der Waals surface area contributed by atoms with Gasteiger partial charge in [0.15, 0.2) is 5.65 Å². The van der Waals surface area contributed by atoms with Crippen molar-refractivity contribution in [3.8, 4) is 6.07 Å². The molecule has 0 radical (unpaired) electrons. The van der Waals surface area contributed by atoms with E-state index in [1.54, 1.807) is 6.20 Å². The van der Waals surface area contributed by atoms with Crippen molar-refractivity contribution < 1.29 is 4.74 Å². The smallest absolute Gasteiger partial charge is 0.167 e. The molecule has 0 spiro atoms. The number of ether oxygens (including phenoxy) is 1. The monoisotopic (exact) mass is 414 g/mol. The van der Waals surface area contributed by atoms with Crippen LogP contribution in [0.4, 0.5) is 5.82 Å². The van der Waals surface area contributed by atoms with Gasteiger partial charge >= 0.3 is 0 Å². The number of nitrogens with one attached hydrogen (secondary N) is 2. The average Bonchev–Trinajstić information content (AvgIpc) is 3.43. The molecule has 2 unspecified atom stereocenters. The van der Waals surface area contributed by atoms with Crippen molar-refractivity contribution >= 4 is 38.1 Å². The van der Waals surface area contributed by atoms with Crippen molar-refractivity contribution in [2.75, 3.05) is 51.0 Å². The van der Waals surface area contributed by atoms with E-state index >= 15 is 0 Å². The zero-order chi connectivity index (χ0) is 20.9. The van der Waals surface area contributed by atoms with Gasteiger partial charge < -0.3 is 26.1 Å².